The number of nitrogen functional groups attached to an aromatic ring is 1. The Kier molecular flexibility index (Phi) is 6.81. The van der Waals surface area contributed by atoms with Crippen molar-refractivity contribution in [2.24, 2.45) is 0 Å². The molecule has 2 heterocycles. The van der Waals surface area contributed by atoms with Crippen LogP contribution < -0.4 is 25.7 Å². The molecule has 0 radical (unpaired) electrons. The van der Waals surface area contributed by atoms with Crippen LogP contribution in [0.1, 0.15) is 12.6 Å². The summed E-state index contributed by atoms with van der Waals surface area (Å²) in [5.41, 5.74) is 4.86. The third kappa shape index (κ3) is 5.95. The van der Waals surface area contributed by atoms with E-state index in [0.717, 1.165) is 4.57 Å². The third-order valence-corrected chi connectivity index (χ3v) is 5.92. The van der Waals surface area contributed by atoms with E-state index in [9.17, 15) is 23.7 Å². The van der Waals surface area contributed by atoms with E-state index >= 15 is 0 Å². The van der Waals surface area contributed by atoms with E-state index in [1.807, 2.05) is 5.82 Å². The van der Waals surface area contributed by atoms with Gasteiger partial charge in [0.05, 0.1) is 0 Å². The molecule has 1 aliphatic heterocycles. The molecule has 148 valence electrons. The maximum absolute atomic E-state index is 12.0. The van der Waals surface area contributed by atoms with Gasteiger partial charge >= 0.3 is 153 Å². The minimum absolute atomic E-state index is 0.0615. The first-order chi connectivity index (χ1) is 11.9. The second-order valence-electron chi connectivity index (χ2n) is 5.13. The second kappa shape index (κ2) is 8.17. The van der Waals surface area contributed by atoms with E-state index in [-0.39, 0.29) is 27.2 Å². The van der Waals surface area contributed by atoms with Crippen LogP contribution >= 0.6 is 15.6 Å². The number of aromatic nitrogens is 2. The van der Waals surface area contributed by atoms with Crippen LogP contribution in [0.2, 0.25) is 5.82 Å². The van der Waals surface area contributed by atoms with Crippen molar-refractivity contribution >= 4 is 40.9 Å². The van der Waals surface area contributed by atoms with Crippen molar-refractivity contribution < 1.29 is 42.5 Å². The standard InChI is InChI=1S/C10H17N3O10P2Se/c1-26-7-3-13(10(14)12-9(7)11)8-2-5(23-25(18,19)20)6(22-8)4-21-24(15,16)17/h3,5-6,8H,2,4H2,1H3,(H2,11,12,14)(H2,15,16,17)(H2,18,19,20)/p-2/t5-,6+,8+/m0/s1. The molecule has 2 rings (SSSR count). The van der Waals surface area contributed by atoms with E-state index in [0.29, 0.717) is 4.46 Å². The molecule has 1 saturated heterocycles. The molecule has 2 unspecified atom stereocenters. The van der Waals surface area contributed by atoms with Crippen molar-refractivity contribution in [3.8, 4) is 0 Å². The first kappa shape index (κ1) is 21.7. The molecule has 1 fully saturated rings. The summed E-state index contributed by atoms with van der Waals surface area (Å²) in [4.78, 5) is 54.9. The van der Waals surface area contributed by atoms with Crippen molar-refractivity contribution in [1.29, 1.82) is 0 Å². The van der Waals surface area contributed by atoms with E-state index in [4.69, 9.17) is 20.3 Å². The molecule has 5 atom stereocenters. The monoisotopic (exact) mass is 479 g/mol. The van der Waals surface area contributed by atoms with Crippen LogP contribution in [0.4, 0.5) is 5.82 Å². The van der Waals surface area contributed by atoms with E-state index in [1.165, 1.54) is 6.20 Å². The second-order valence-corrected chi connectivity index (χ2v) is 9.25. The zero-order valence-corrected chi connectivity index (χ0v) is 16.7. The Morgan fingerprint density at radius 2 is 2.12 bits per heavy atom. The molecule has 16 heteroatoms. The van der Waals surface area contributed by atoms with Crippen LogP contribution in [0.3, 0.4) is 0 Å². The fraction of sp³-hybridized carbons (Fsp3) is 0.600. The molecule has 1 aliphatic rings. The van der Waals surface area contributed by atoms with Gasteiger partial charge in [-0.2, -0.15) is 0 Å². The molecule has 4 N–H and O–H groups in total. The molecule has 1 aromatic rings. The average Bonchev–Trinajstić information content (AvgIpc) is 2.85. The number of nitrogens with zero attached hydrogens (tertiary/aromatic N) is 2. The van der Waals surface area contributed by atoms with Crippen molar-refractivity contribution in [1.82, 2.24) is 9.55 Å². The number of nitrogens with two attached hydrogens (primary N) is 1. The topological polar surface area (TPSA) is 209 Å². The van der Waals surface area contributed by atoms with Crippen molar-refractivity contribution in [2.75, 3.05) is 12.3 Å². The Labute approximate surface area is 153 Å². The van der Waals surface area contributed by atoms with Crippen LogP contribution in [0.5, 0.6) is 0 Å². The summed E-state index contributed by atoms with van der Waals surface area (Å²) in [5, 5.41) is 0. The normalized spacial score (nSPS) is 27.8. The van der Waals surface area contributed by atoms with Crippen LogP contribution in [-0.4, -0.2) is 53.1 Å². The fourth-order valence-corrected chi connectivity index (χ4v) is 4.19. The molecule has 13 nitrogen and oxygen atoms in total. The molecule has 0 amide bonds. The molecule has 0 aliphatic carbocycles. The first-order valence-corrected chi connectivity index (χ1v) is 12.4. The zero-order chi connectivity index (χ0) is 19.7. The summed E-state index contributed by atoms with van der Waals surface area (Å²) in [6, 6.07) is 0. The van der Waals surface area contributed by atoms with Gasteiger partial charge in [0.1, 0.15) is 0 Å². The van der Waals surface area contributed by atoms with Crippen LogP contribution in [0, 0.1) is 0 Å². The van der Waals surface area contributed by atoms with Gasteiger partial charge in [0.15, 0.2) is 0 Å². The molecule has 0 bridgehead atoms. The molecular weight excluding hydrogens is 463 g/mol. The quantitative estimate of drug-likeness (QED) is 0.262. The van der Waals surface area contributed by atoms with Gasteiger partial charge in [-0.1, -0.05) is 0 Å². The van der Waals surface area contributed by atoms with Crippen molar-refractivity contribution in [2.45, 2.75) is 30.7 Å². The van der Waals surface area contributed by atoms with Gasteiger partial charge in [0.2, 0.25) is 0 Å². The summed E-state index contributed by atoms with van der Waals surface area (Å²) in [6.45, 7) is -0.791. The summed E-state index contributed by atoms with van der Waals surface area (Å²) < 4.78 is 37.4. The summed E-state index contributed by atoms with van der Waals surface area (Å²) in [5.74, 6) is 1.89. The Hall–Kier alpha value is -0.621. The molecule has 0 aromatic carbocycles. The molecule has 26 heavy (non-hydrogen) atoms. The van der Waals surface area contributed by atoms with E-state index < -0.39 is 46.4 Å². The van der Waals surface area contributed by atoms with Gasteiger partial charge in [-0.15, -0.1) is 0 Å². The van der Waals surface area contributed by atoms with Gasteiger partial charge in [0, 0.05) is 0 Å². The Balaban J connectivity index is 2.27. The SMILES string of the molecule is C[Se]c1cn([C@H]2C[C@H](OP(=O)([O-])O)[C@@H](COP(=O)([O-])O)O2)c(=O)nc1N. The van der Waals surface area contributed by atoms with Gasteiger partial charge in [0.25, 0.3) is 0 Å². The minimum atomic E-state index is -5.18. The van der Waals surface area contributed by atoms with Crippen LogP contribution in [-0.2, 0) is 22.9 Å². The van der Waals surface area contributed by atoms with Gasteiger partial charge in [-0.05, 0) is 0 Å². The zero-order valence-electron chi connectivity index (χ0n) is 13.2. The molecule has 0 saturated carbocycles. The predicted octanol–water partition coefficient (Wildman–Crippen LogP) is -3.19. The predicted molar refractivity (Wildman–Crippen MR) is 83.2 cm³/mol. The molecular formula is C10H15N3O10P2Se-2. The Morgan fingerprint density at radius 3 is 2.65 bits per heavy atom. The number of rotatable bonds is 7. The van der Waals surface area contributed by atoms with Gasteiger partial charge in [-0.25, -0.2) is 0 Å². The van der Waals surface area contributed by atoms with E-state index in [2.05, 4.69) is 14.0 Å². The maximum atomic E-state index is 12.0. The van der Waals surface area contributed by atoms with Crippen LogP contribution in [0.15, 0.2) is 11.0 Å². The summed E-state index contributed by atoms with van der Waals surface area (Å²) >= 11 is -0.106. The number of hydrogen-bond donors (Lipinski definition) is 3. The first-order valence-electron chi connectivity index (χ1n) is 6.88. The van der Waals surface area contributed by atoms with Crippen LogP contribution in [0.25, 0.3) is 0 Å². The number of hydrogen-bond acceptors (Lipinski definition) is 10. The molecule has 1 aromatic heterocycles. The summed E-state index contributed by atoms with van der Waals surface area (Å²) in [6.07, 6.45) is -2.59. The molecule has 0 spiro atoms. The number of phosphoric acid groups is 2. The van der Waals surface area contributed by atoms with E-state index in [1.54, 1.807) is 0 Å². The average molecular weight is 478 g/mol. The Bertz CT molecular complexity index is 807. The number of ether oxygens (including phenoxy) is 1. The van der Waals surface area contributed by atoms with Gasteiger partial charge < -0.3 is 0 Å². The fourth-order valence-electron chi connectivity index (χ4n) is 2.30. The van der Waals surface area contributed by atoms with Crippen molar-refractivity contribution in [3.63, 3.8) is 0 Å². The summed E-state index contributed by atoms with van der Waals surface area (Å²) in [7, 11) is -10.3. The third-order valence-electron chi connectivity index (χ3n) is 3.33. The van der Waals surface area contributed by atoms with Crippen molar-refractivity contribution in [3.05, 3.63) is 16.7 Å². The number of anilines is 1. The number of phosphoric ester groups is 2. The Morgan fingerprint density at radius 1 is 1.46 bits per heavy atom. The van der Waals surface area contributed by atoms with Gasteiger partial charge in [-0.3, -0.25) is 0 Å².